The summed E-state index contributed by atoms with van der Waals surface area (Å²) in [5.41, 5.74) is 3.35. The second-order valence-corrected chi connectivity index (χ2v) is 4.91. The normalized spacial score (nSPS) is 16.1. The SMILES string of the molecule is Cc1nc(/C=C2\C(=O)Nc3ccccc32)cs1. The molecule has 0 aliphatic carbocycles. The van der Waals surface area contributed by atoms with Crippen molar-refractivity contribution in [1.82, 2.24) is 4.98 Å². The molecule has 1 amide bonds. The number of aryl methyl sites for hydroxylation is 1. The molecule has 0 radical (unpaired) electrons. The van der Waals surface area contributed by atoms with Crippen LogP contribution in [0.4, 0.5) is 5.69 Å². The van der Waals surface area contributed by atoms with Crippen LogP contribution in [-0.2, 0) is 4.79 Å². The molecule has 0 spiro atoms. The Morgan fingerprint density at radius 1 is 1.35 bits per heavy atom. The van der Waals surface area contributed by atoms with Crippen LogP contribution in [0.3, 0.4) is 0 Å². The predicted molar refractivity (Wildman–Crippen MR) is 69.8 cm³/mol. The van der Waals surface area contributed by atoms with Gasteiger partial charge in [0.05, 0.1) is 16.3 Å². The van der Waals surface area contributed by atoms with Gasteiger partial charge in [0, 0.05) is 16.6 Å². The van der Waals surface area contributed by atoms with Crippen molar-refractivity contribution in [2.24, 2.45) is 0 Å². The van der Waals surface area contributed by atoms with Gasteiger partial charge in [0.1, 0.15) is 0 Å². The molecule has 0 saturated heterocycles. The number of anilines is 1. The lowest BCUT2D eigenvalue weighted by Crippen LogP contribution is -2.03. The molecule has 1 N–H and O–H groups in total. The third-order valence-corrected chi connectivity index (χ3v) is 3.43. The van der Waals surface area contributed by atoms with Crippen molar-refractivity contribution in [3.63, 3.8) is 0 Å². The molecule has 0 atom stereocenters. The highest BCUT2D eigenvalue weighted by Crippen LogP contribution is 2.32. The zero-order valence-corrected chi connectivity index (χ0v) is 10.0. The number of amides is 1. The fraction of sp³-hybridized carbons (Fsp3) is 0.0769. The summed E-state index contributed by atoms with van der Waals surface area (Å²) in [6.07, 6.45) is 1.84. The van der Waals surface area contributed by atoms with Gasteiger partial charge in [0.25, 0.3) is 5.91 Å². The van der Waals surface area contributed by atoms with Crippen molar-refractivity contribution in [2.75, 3.05) is 5.32 Å². The summed E-state index contributed by atoms with van der Waals surface area (Å²) in [5.74, 6) is -0.0585. The van der Waals surface area contributed by atoms with E-state index >= 15 is 0 Å². The minimum absolute atomic E-state index is 0.0585. The molecule has 3 nitrogen and oxygen atoms in total. The molecule has 84 valence electrons. The molecular formula is C13H10N2OS. The van der Waals surface area contributed by atoms with Crippen LogP contribution in [0, 0.1) is 6.92 Å². The van der Waals surface area contributed by atoms with Crippen LogP contribution < -0.4 is 5.32 Å². The van der Waals surface area contributed by atoms with Crippen molar-refractivity contribution in [2.45, 2.75) is 6.92 Å². The van der Waals surface area contributed by atoms with Gasteiger partial charge in [-0.1, -0.05) is 18.2 Å². The Morgan fingerprint density at radius 3 is 2.94 bits per heavy atom. The Kier molecular flexibility index (Phi) is 2.30. The van der Waals surface area contributed by atoms with Crippen molar-refractivity contribution in [3.05, 3.63) is 45.9 Å². The van der Waals surface area contributed by atoms with Crippen molar-refractivity contribution in [3.8, 4) is 0 Å². The first-order chi connectivity index (χ1) is 8.24. The topological polar surface area (TPSA) is 42.0 Å². The number of nitrogens with one attached hydrogen (secondary N) is 1. The molecule has 17 heavy (non-hydrogen) atoms. The van der Waals surface area contributed by atoms with E-state index in [0.717, 1.165) is 22.0 Å². The molecule has 1 aliphatic rings. The van der Waals surface area contributed by atoms with E-state index in [4.69, 9.17) is 0 Å². The molecular weight excluding hydrogens is 232 g/mol. The van der Waals surface area contributed by atoms with Crippen molar-refractivity contribution < 1.29 is 4.79 Å². The number of carbonyl (C=O) groups is 1. The molecule has 2 aromatic rings. The number of benzene rings is 1. The maximum absolute atomic E-state index is 11.8. The van der Waals surface area contributed by atoms with E-state index in [0.29, 0.717) is 5.57 Å². The van der Waals surface area contributed by atoms with E-state index in [1.54, 1.807) is 11.3 Å². The van der Waals surface area contributed by atoms with E-state index in [1.807, 2.05) is 42.6 Å². The van der Waals surface area contributed by atoms with Gasteiger partial charge in [-0.15, -0.1) is 11.3 Å². The van der Waals surface area contributed by atoms with Crippen LogP contribution >= 0.6 is 11.3 Å². The first kappa shape index (κ1) is 10.2. The zero-order valence-electron chi connectivity index (χ0n) is 9.23. The van der Waals surface area contributed by atoms with Crippen LogP contribution in [0.1, 0.15) is 16.3 Å². The first-order valence-corrected chi connectivity index (χ1v) is 6.16. The third kappa shape index (κ3) is 1.76. The summed E-state index contributed by atoms with van der Waals surface area (Å²) in [6.45, 7) is 1.95. The minimum atomic E-state index is -0.0585. The Hall–Kier alpha value is -1.94. The van der Waals surface area contributed by atoms with Gasteiger partial charge in [-0.05, 0) is 19.1 Å². The number of aromatic nitrogens is 1. The van der Waals surface area contributed by atoms with Gasteiger partial charge in [-0.3, -0.25) is 4.79 Å². The lowest BCUT2D eigenvalue weighted by Gasteiger charge is -1.95. The summed E-state index contributed by atoms with van der Waals surface area (Å²) >= 11 is 1.58. The monoisotopic (exact) mass is 242 g/mol. The smallest absolute Gasteiger partial charge is 0.256 e. The molecule has 3 rings (SSSR count). The average Bonchev–Trinajstić information content (AvgIpc) is 2.85. The number of fused-ring (bicyclic) bond motifs is 1. The van der Waals surface area contributed by atoms with Crippen LogP contribution in [0.25, 0.3) is 11.6 Å². The number of hydrogen-bond acceptors (Lipinski definition) is 3. The molecule has 0 fully saturated rings. The Morgan fingerprint density at radius 2 is 2.18 bits per heavy atom. The molecule has 1 aliphatic heterocycles. The molecule has 0 saturated carbocycles. The van der Waals surface area contributed by atoms with Crippen LogP contribution in [0.2, 0.25) is 0 Å². The van der Waals surface area contributed by atoms with E-state index in [1.165, 1.54) is 0 Å². The summed E-state index contributed by atoms with van der Waals surface area (Å²) in [5, 5.41) is 5.80. The Bertz CT molecular complexity index is 628. The van der Waals surface area contributed by atoms with Crippen LogP contribution in [-0.4, -0.2) is 10.9 Å². The molecule has 1 aromatic heterocycles. The third-order valence-electron chi connectivity index (χ3n) is 2.64. The van der Waals surface area contributed by atoms with Gasteiger partial charge in [-0.2, -0.15) is 0 Å². The summed E-state index contributed by atoms with van der Waals surface area (Å²) < 4.78 is 0. The molecule has 0 bridgehead atoms. The zero-order chi connectivity index (χ0) is 11.8. The van der Waals surface area contributed by atoms with Gasteiger partial charge >= 0.3 is 0 Å². The fourth-order valence-electron chi connectivity index (χ4n) is 1.88. The highest BCUT2D eigenvalue weighted by Gasteiger charge is 2.23. The van der Waals surface area contributed by atoms with E-state index < -0.39 is 0 Å². The maximum Gasteiger partial charge on any atom is 0.256 e. The van der Waals surface area contributed by atoms with Gasteiger partial charge in [-0.25, -0.2) is 4.98 Å². The standard InChI is InChI=1S/C13H10N2OS/c1-8-14-9(7-17-8)6-11-10-4-2-3-5-12(10)15-13(11)16/h2-7H,1H3,(H,15,16)/b11-6-. The summed E-state index contributed by atoms with van der Waals surface area (Å²) in [6, 6.07) is 7.69. The fourth-order valence-corrected chi connectivity index (χ4v) is 2.45. The second-order valence-electron chi connectivity index (χ2n) is 3.85. The Labute approximate surface area is 103 Å². The van der Waals surface area contributed by atoms with Gasteiger partial charge in [0.15, 0.2) is 0 Å². The summed E-state index contributed by atoms with van der Waals surface area (Å²) in [4.78, 5) is 16.2. The van der Waals surface area contributed by atoms with E-state index in [2.05, 4.69) is 10.3 Å². The van der Waals surface area contributed by atoms with Crippen molar-refractivity contribution >= 4 is 34.6 Å². The number of thiazole rings is 1. The predicted octanol–water partition coefficient (Wildman–Crippen LogP) is 2.94. The van der Waals surface area contributed by atoms with Crippen LogP contribution in [0.15, 0.2) is 29.6 Å². The van der Waals surface area contributed by atoms with E-state index in [9.17, 15) is 4.79 Å². The molecule has 1 aromatic carbocycles. The lowest BCUT2D eigenvalue weighted by molar-refractivity contribution is -0.110. The lowest BCUT2D eigenvalue weighted by atomic mass is 10.1. The number of para-hydroxylation sites is 1. The number of carbonyl (C=O) groups excluding carboxylic acids is 1. The number of rotatable bonds is 1. The molecule has 0 unspecified atom stereocenters. The highest BCUT2D eigenvalue weighted by atomic mass is 32.1. The highest BCUT2D eigenvalue weighted by molar-refractivity contribution is 7.09. The second kappa shape index (κ2) is 3.82. The van der Waals surface area contributed by atoms with Gasteiger partial charge in [0.2, 0.25) is 0 Å². The Balaban J connectivity index is 2.09. The van der Waals surface area contributed by atoms with Crippen molar-refractivity contribution in [1.29, 1.82) is 0 Å². The average molecular weight is 242 g/mol. The van der Waals surface area contributed by atoms with Crippen LogP contribution in [0.5, 0.6) is 0 Å². The minimum Gasteiger partial charge on any atom is -0.321 e. The van der Waals surface area contributed by atoms with Gasteiger partial charge < -0.3 is 5.32 Å². The number of hydrogen-bond donors (Lipinski definition) is 1. The first-order valence-electron chi connectivity index (χ1n) is 5.28. The molecule has 2 heterocycles. The largest absolute Gasteiger partial charge is 0.321 e. The quantitative estimate of drug-likeness (QED) is 0.781. The maximum atomic E-state index is 11.8. The summed E-state index contributed by atoms with van der Waals surface area (Å²) in [7, 11) is 0. The molecule has 4 heteroatoms. The number of nitrogens with zero attached hydrogens (tertiary/aromatic N) is 1. The van der Waals surface area contributed by atoms with E-state index in [-0.39, 0.29) is 5.91 Å².